The zero-order valence-corrected chi connectivity index (χ0v) is 18.9. The highest BCUT2D eigenvalue weighted by atomic mass is 35.5. The first-order chi connectivity index (χ1) is 14.6. The normalized spacial score (nSPS) is 20.9. The molecule has 30 heavy (non-hydrogen) atoms. The number of ether oxygens (including phenoxy) is 1. The highest BCUT2D eigenvalue weighted by Crippen LogP contribution is 2.30. The van der Waals surface area contributed by atoms with Crippen molar-refractivity contribution in [3.8, 4) is 0 Å². The lowest BCUT2D eigenvalue weighted by Gasteiger charge is -2.31. The SMILES string of the molecule is Cc1ccc(SN2CCC(n3ncc(NCC4CCCOC4)c(Cl)c3=O)CC2)cc1. The van der Waals surface area contributed by atoms with Gasteiger partial charge in [-0.25, -0.2) is 8.99 Å². The molecule has 0 radical (unpaired) electrons. The molecule has 6 nitrogen and oxygen atoms in total. The number of hydrogen-bond donors (Lipinski definition) is 1. The van der Waals surface area contributed by atoms with Crippen molar-refractivity contribution in [3.63, 3.8) is 0 Å². The lowest BCUT2D eigenvalue weighted by atomic mass is 10.0. The molecule has 2 aliphatic heterocycles. The standard InChI is InChI=1S/C22H29ClN4O2S/c1-16-4-6-19(7-5-16)30-26-10-8-18(9-11-26)27-22(28)21(23)20(14-25-27)24-13-17-3-2-12-29-15-17/h4-7,14,17-18,24H,2-3,8-13,15H2,1H3. The Morgan fingerprint density at radius 3 is 2.70 bits per heavy atom. The molecule has 3 heterocycles. The monoisotopic (exact) mass is 448 g/mol. The van der Waals surface area contributed by atoms with Crippen LogP contribution in [0.1, 0.15) is 37.3 Å². The van der Waals surface area contributed by atoms with Crippen molar-refractivity contribution in [3.05, 3.63) is 51.4 Å². The van der Waals surface area contributed by atoms with Gasteiger partial charge in [0.25, 0.3) is 5.56 Å². The first-order valence-electron chi connectivity index (χ1n) is 10.7. The maximum atomic E-state index is 12.8. The summed E-state index contributed by atoms with van der Waals surface area (Å²) in [6, 6.07) is 8.67. The highest BCUT2D eigenvalue weighted by Gasteiger charge is 2.24. The molecular weight excluding hydrogens is 420 g/mol. The maximum absolute atomic E-state index is 12.8. The molecule has 162 valence electrons. The Kier molecular flexibility index (Phi) is 7.36. The summed E-state index contributed by atoms with van der Waals surface area (Å²) in [6.45, 7) is 6.28. The number of halogens is 1. The van der Waals surface area contributed by atoms with E-state index in [1.54, 1.807) is 22.8 Å². The van der Waals surface area contributed by atoms with E-state index in [2.05, 4.69) is 45.9 Å². The van der Waals surface area contributed by atoms with Crippen LogP contribution >= 0.6 is 23.5 Å². The fraction of sp³-hybridized carbons (Fsp3) is 0.545. The third-order valence-electron chi connectivity index (χ3n) is 5.80. The third kappa shape index (κ3) is 5.38. The molecule has 2 aromatic rings. The molecule has 2 saturated heterocycles. The first-order valence-corrected chi connectivity index (χ1v) is 11.8. The Labute approximate surface area is 187 Å². The van der Waals surface area contributed by atoms with Crippen molar-refractivity contribution in [1.29, 1.82) is 0 Å². The first kappa shape index (κ1) is 21.7. The topological polar surface area (TPSA) is 59.4 Å². The molecular formula is C22H29ClN4O2S. The van der Waals surface area contributed by atoms with Crippen molar-refractivity contribution >= 4 is 29.2 Å². The van der Waals surface area contributed by atoms with Gasteiger partial charge in [-0.15, -0.1) is 0 Å². The summed E-state index contributed by atoms with van der Waals surface area (Å²) in [5, 5.41) is 7.97. The van der Waals surface area contributed by atoms with Crippen LogP contribution in [-0.4, -0.2) is 46.9 Å². The smallest absolute Gasteiger partial charge is 0.287 e. The summed E-state index contributed by atoms with van der Waals surface area (Å²) in [7, 11) is 0. The number of hydrogen-bond acceptors (Lipinski definition) is 6. The summed E-state index contributed by atoms with van der Waals surface area (Å²) in [5.74, 6) is 0.451. The van der Waals surface area contributed by atoms with Gasteiger partial charge in [-0.05, 0) is 62.6 Å². The number of aromatic nitrogens is 2. The molecule has 1 unspecified atom stereocenters. The number of nitrogens with one attached hydrogen (secondary N) is 1. The molecule has 0 saturated carbocycles. The van der Waals surface area contributed by atoms with Crippen molar-refractivity contribution in [2.45, 2.75) is 43.5 Å². The van der Waals surface area contributed by atoms with Crippen LogP contribution in [0.5, 0.6) is 0 Å². The molecule has 2 aliphatic rings. The number of aryl methyl sites for hydroxylation is 1. The zero-order valence-electron chi connectivity index (χ0n) is 17.3. The van der Waals surface area contributed by atoms with E-state index in [9.17, 15) is 4.79 Å². The number of anilines is 1. The van der Waals surface area contributed by atoms with Gasteiger partial charge in [0.15, 0.2) is 0 Å². The number of benzene rings is 1. The number of nitrogens with zero attached hydrogens (tertiary/aromatic N) is 3. The Hall–Kier alpha value is -1.54. The Morgan fingerprint density at radius 1 is 1.23 bits per heavy atom. The summed E-state index contributed by atoms with van der Waals surface area (Å²) in [6.07, 6.45) is 5.68. The summed E-state index contributed by atoms with van der Waals surface area (Å²) >= 11 is 8.18. The summed E-state index contributed by atoms with van der Waals surface area (Å²) in [5.41, 5.74) is 1.69. The minimum atomic E-state index is -0.203. The van der Waals surface area contributed by atoms with E-state index in [1.165, 1.54) is 10.5 Å². The molecule has 0 bridgehead atoms. The average Bonchev–Trinajstić information content (AvgIpc) is 2.78. The van der Waals surface area contributed by atoms with Gasteiger partial charge in [-0.1, -0.05) is 29.3 Å². The molecule has 2 fully saturated rings. The van der Waals surface area contributed by atoms with Crippen LogP contribution < -0.4 is 10.9 Å². The van der Waals surface area contributed by atoms with Crippen LogP contribution in [0, 0.1) is 12.8 Å². The molecule has 8 heteroatoms. The van der Waals surface area contributed by atoms with Crippen molar-refractivity contribution in [2.75, 3.05) is 38.2 Å². The summed E-state index contributed by atoms with van der Waals surface area (Å²) < 4.78 is 9.45. The molecule has 1 N–H and O–H groups in total. The lowest BCUT2D eigenvalue weighted by molar-refractivity contribution is 0.0595. The molecule has 0 spiro atoms. The van der Waals surface area contributed by atoms with Crippen molar-refractivity contribution in [1.82, 2.24) is 14.1 Å². The molecule has 4 rings (SSSR count). The molecule has 0 amide bonds. The van der Waals surface area contributed by atoms with Crippen LogP contribution in [-0.2, 0) is 4.74 Å². The van der Waals surface area contributed by atoms with Gasteiger partial charge in [0.2, 0.25) is 0 Å². The second kappa shape index (κ2) is 10.2. The zero-order chi connectivity index (χ0) is 20.9. The fourth-order valence-electron chi connectivity index (χ4n) is 3.98. The molecule has 0 aliphatic carbocycles. The predicted octanol–water partition coefficient (Wildman–Crippen LogP) is 4.39. The molecule has 1 atom stereocenters. The molecule has 1 aromatic carbocycles. The van der Waals surface area contributed by atoms with Crippen LogP contribution in [0.25, 0.3) is 0 Å². The van der Waals surface area contributed by atoms with Crippen LogP contribution in [0.2, 0.25) is 5.02 Å². The van der Waals surface area contributed by atoms with Gasteiger partial charge in [0, 0.05) is 31.1 Å². The maximum Gasteiger partial charge on any atom is 0.287 e. The van der Waals surface area contributed by atoms with E-state index < -0.39 is 0 Å². The largest absolute Gasteiger partial charge is 0.382 e. The Bertz CT molecular complexity index is 891. The predicted molar refractivity (Wildman–Crippen MR) is 122 cm³/mol. The Morgan fingerprint density at radius 2 is 2.00 bits per heavy atom. The lowest BCUT2D eigenvalue weighted by Crippen LogP contribution is -2.36. The number of piperidine rings is 1. The quantitative estimate of drug-likeness (QED) is 0.661. The third-order valence-corrected chi connectivity index (χ3v) is 7.28. The van der Waals surface area contributed by atoms with Gasteiger partial charge in [0.1, 0.15) is 5.02 Å². The van der Waals surface area contributed by atoms with Crippen molar-refractivity contribution < 1.29 is 4.74 Å². The summed E-state index contributed by atoms with van der Waals surface area (Å²) in [4.78, 5) is 14.1. The number of rotatable bonds is 6. The van der Waals surface area contributed by atoms with E-state index in [1.807, 2.05) is 0 Å². The van der Waals surface area contributed by atoms with Crippen LogP contribution in [0.3, 0.4) is 0 Å². The van der Waals surface area contributed by atoms with E-state index in [0.29, 0.717) is 11.6 Å². The van der Waals surface area contributed by atoms with Gasteiger partial charge in [-0.3, -0.25) is 4.79 Å². The minimum absolute atomic E-state index is 0.0886. The van der Waals surface area contributed by atoms with E-state index in [-0.39, 0.29) is 16.6 Å². The van der Waals surface area contributed by atoms with E-state index in [0.717, 1.165) is 58.5 Å². The fourth-order valence-corrected chi connectivity index (χ4v) is 5.13. The Balaban J connectivity index is 1.33. The van der Waals surface area contributed by atoms with E-state index in [4.69, 9.17) is 16.3 Å². The van der Waals surface area contributed by atoms with Crippen molar-refractivity contribution in [2.24, 2.45) is 5.92 Å². The second-order valence-corrected chi connectivity index (χ2v) is 9.70. The average molecular weight is 449 g/mol. The van der Waals surface area contributed by atoms with Gasteiger partial charge in [0.05, 0.1) is 24.5 Å². The second-order valence-electron chi connectivity index (χ2n) is 8.15. The van der Waals surface area contributed by atoms with Gasteiger partial charge >= 0.3 is 0 Å². The highest BCUT2D eigenvalue weighted by molar-refractivity contribution is 7.97. The van der Waals surface area contributed by atoms with Gasteiger partial charge in [-0.2, -0.15) is 5.10 Å². The van der Waals surface area contributed by atoms with E-state index >= 15 is 0 Å². The van der Waals surface area contributed by atoms with Gasteiger partial charge < -0.3 is 10.1 Å². The van der Waals surface area contributed by atoms with Crippen LogP contribution in [0.4, 0.5) is 5.69 Å². The van der Waals surface area contributed by atoms with Crippen LogP contribution in [0.15, 0.2) is 40.2 Å². The minimum Gasteiger partial charge on any atom is -0.382 e. The molecule has 1 aromatic heterocycles.